The minimum atomic E-state index is -3.93. The lowest BCUT2D eigenvalue weighted by Gasteiger charge is -2.63. The first-order valence-corrected chi connectivity index (χ1v) is 17.1. The number of carbonyl (C=O) groups excluding carboxylic acids is 1. The highest BCUT2D eigenvalue weighted by Crippen LogP contribution is 2.69. The standard InChI is InChI=1S/C33H48N2O3S/c1-5-24-20-26-29-15-14-27(33(29,4)19-17-30(26)32(3)18-7-6-8-28(24)32)22(2)9-16-31(36)35-39(37,38)25-12-10-23(21-34)11-13-25/h10-13,22,24,26-30H,5-9,14-20H2,1-4H3,(H,35,36)/t22-,24+,26?,27-,28+,29?,30?,32+,33-/m1/s1. The Labute approximate surface area is 236 Å². The molecule has 5 nitrogen and oxygen atoms in total. The molecular formula is C33H48N2O3S. The van der Waals surface area contributed by atoms with E-state index in [1.165, 1.54) is 88.5 Å². The van der Waals surface area contributed by atoms with Crippen LogP contribution in [0.1, 0.15) is 110 Å². The zero-order valence-corrected chi connectivity index (χ0v) is 25.2. The molecule has 1 aromatic carbocycles. The molecular weight excluding hydrogens is 504 g/mol. The monoisotopic (exact) mass is 552 g/mol. The van der Waals surface area contributed by atoms with Crippen molar-refractivity contribution in [3.63, 3.8) is 0 Å². The predicted octanol–water partition coefficient (Wildman–Crippen LogP) is 7.46. The van der Waals surface area contributed by atoms with Crippen LogP contribution in [0.15, 0.2) is 29.2 Å². The number of sulfonamides is 1. The van der Waals surface area contributed by atoms with Crippen molar-refractivity contribution in [3.05, 3.63) is 29.8 Å². The van der Waals surface area contributed by atoms with Crippen LogP contribution in [0.5, 0.6) is 0 Å². The number of hydrogen-bond acceptors (Lipinski definition) is 4. The van der Waals surface area contributed by atoms with E-state index in [1.807, 2.05) is 6.07 Å². The summed E-state index contributed by atoms with van der Waals surface area (Å²) in [7, 11) is -3.93. The summed E-state index contributed by atoms with van der Waals surface area (Å²) in [4.78, 5) is 12.7. The molecule has 39 heavy (non-hydrogen) atoms. The van der Waals surface area contributed by atoms with Gasteiger partial charge in [-0.25, -0.2) is 13.1 Å². The lowest BCUT2D eigenvalue weighted by atomic mass is 9.42. The van der Waals surface area contributed by atoms with Crippen molar-refractivity contribution in [1.82, 2.24) is 4.72 Å². The fraction of sp³-hybridized carbons (Fsp3) is 0.758. The van der Waals surface area contributed by atoms with Crippen molar-refractivity contribution < 1.29 is 13.2 Å². The number of nitrogens with one attached hydrogen (secondary N) is 1. The van der Waals surface area contributed by atoms with Crippen LogP contribution in [0.3, 0.4) is 0 Å². The minimum Gasteiger partial charge on any atom is -0.274 e. The molecule has 1 N–H and O–H groups in total. The van der Waals surface area contributed by atoms with Gasteiger partial charge in [0, 0.05) is 6.42 Å². The minimum absolute atomic E-state index is 0.0116. The molecule has 5 rings (SSSR count). The zero-order chi connectivity index (χ0) is 28.0. The zero-order valence-electron chi connectivity index (χ0n) is 24.4. The van der Waals surface area contributed by atoms with Gasteiger partial charge in [0.25, 0.3) is 10.0 Å². The Morgan fingerprint density at radius 1 is 1.03 bits per heavy atom. The predicted molar refractivity (Wildman–Crippen MR) is 154 cm³/mol. The molecule has 4 saturated carbocycles. The first-order chi connectivity index (χ1) is 18.5. The normalized spacial score (nSPS) is 38.5. The van der Waals surface area contributed by atoms with Crippen LogP contribution in [0.25, 0.3) is 0 Å². The number of nitrogens with zero attached hydrogens (tertiary/aromatic N) is 1. The Morgan fingerprint density at radius 3 is 2.44 bits per heavy atom. The number of nitriles is 1. The number of carbonyl (C=O) groups is 1. The number of hydrogen-bond donors (Lipinski definition) is 1. The average Bonchev–Trinajstić information content (AvgIpc) is 3.28. The first-order valence-electron chi connectivity index (χ1n) is 15.6. The smallest absolute Gasteiger partial charge is 0.264 e. The quantitative estimate of drug-likeness (QED) is 0.380. The van der Waals surface area contributed by atoms with Crippen molar-refractivity contribution >= 4 is 15.9 Å². The molecule has 0 aromatic heterocycles. The second-order valence-electron chi connectivity index (χ2n) is 14.0. The highest BCUT2D eigenvalue weighted by atomic mass is 32.2. The number of benzene rings is 1. The van der Waals surface area contributed by atoms with E-state index in [-0.39, 0.29) is 11.3 Å². The van der Waals surface area contributed by atoms with Gasteiger partial charge in [-0.1, -0.05) is 47.0 Å². The molecule has 4 fully saturated rings. The molecule has 4 aliphatic carbocycles. The summed E-state index contributed by atoms with van der Waals surface area (Å²) in [5.74, 6) is 4.90. The third kappa shape index (κ3) is 5.07. The fourth-order valence-electron chi connectivity index (χ4n) is 10.5. The molecule has 1 aromatic rings. The van der Waals surface area contributed by atoms with Gasteiger partial charge in [0.1, 0.15) is 0 Å². The Bertz CT molecular complexity index is 1200. The second-order valence-corrected chi connectivity index (χ2v) is 15.7. The van der Waals surface area contributed by atoms with E-state index in [4.69, 9.17) is 5.26 Å². The summed E-state index contributed by atoms with van der Waals surface area (Å²) in [6.45, 7) is 9.95. The number of fused-ring (bicyclic) bond motifs is 5. The number of amides is 1. The van der Waals surface area contributed by atoms with E-state index in [0.29, 0.717) is 34.7 Å². The van der Waals surface area contributed by atoms with Crippen LogP contribution in [0, 0.1) is 63.6 Å². The molecule has 0 heterocycles. The molecule has 6 heteroatoms. The van der Waals surface area contributed by atoms with Gasteiger partial charge in [-0.15, -0.1) is 0 Å². The summed E-state index contributed by atoms with van der Waals surface area (Å²) < 4.78 is 27.6. The van der Waals surface area contributed by atoms with Crippen LogP contribution in [-0.4, -0.2) is 14.3 Å². The van der Waals surface area contributed by atoms with Gasteiger partial charge in [-0.05, 0) is 128 Å². The summed E-state index contributed by atoms with van der Waals surface area (Å²) in [5.41, 5.74) is 1.25. The molecule has 0 radical (unpaired) electrons. The van der Waals surface area contributed by atoms with Gasteiger partial charge in [0.15, 0.2) is 0 Å². The van der Waals surface area contributed by atoms with Gasteiger partial charge in [-0.2, -0.15) is 5.26 Å². The highest BCUT2D eigenvalue weighted by molar-refractivity contribution is 7.90. The molecule has 4 aliphatic rings. The maximum Gasteiger partial charge on any atom is 0.264 e. The maximum absolute atomic E-state index is 12.7. The van der Waals surface area contributed by atoms with Crippen LogP contribution in [-0.2, 0) is 14.8 Å². The summed E-state index contributed by atoms with van der Waals surface area (Å²) in [6.07, 6.45) is 14.7. The van der Waals surface area contributed by atoms with E-state index >= 15 is 0 Å². The number of rotatable bonds is 7. The van der Waals surface area contributed by atoms with E-state index in [9.17, 15) is 13.2 Å². The fourth-order valence-corrected chi connectivity index (χ4v) is 11.5. The molecule has 1 amide bonds. The highest BCUT2D eigenvalue weighted by Gasteiger charge is 2.61. The van der Waals surface area contributed by atoms with Crippen molar-refractivity contribution in [3.8, 4) is 6.07 Å². The third-order valence-corrected chi connectivity index (χ3v) is 13.8. The largest absolute Gasteiger partial charge is 0.274 e. The van der Waals surface area contributed by atoms with Gasteiger partial charge < -0.3 is 0 Å². The van der Waals surface area contributed by atoms with Crippen molar-refractivity contribution in [1.29, 1.82) is 5.26 Å². The maximum atomic E-state index is 12.7. The molecule has 9 atom stereocenters. The lowest BCUT2D eigenvalue weighted by Crippen LogP contribution is -2.55. The Balaban J connectivity index is 1.22. The van der Waals surface area contributed by atoms with E-state index in [0.717, 1.165) is 29.6 Å². The van der Waals surface area contributed by atoms with Crippen LogP contribution in [0.4, 0.5) is 0 Å². The van der Waals surface area contributed by atoms with Crippen LogP contribution in [0.2, 0.25) is 0 Å². The third-order valence-electron chi connectivity index (χ3n) is 12.4. The summed E-state index contributed by atoms with van der Waals surface area (Å²) in [6, 6.07) is 7.64. The van der Waals surface area contributed by atoms with E-state index in [1.54, 1.807) is 0 Å². The van der Waals surface area contributed by atoms with Crippen molar-refractivity contribution in [2.24, 2.45) is 52.3 Å². The molecule has 214 valence electrons. The molecule has 3 unspecified atom stereocenters. The van der Waals surface area contributed by atoms with E-state index < -0.39 is 15.9 Å². The Kier molecular flexibility index (Phi) is 7.96. The lowest BCUT2D eigenvalue weighted by molar-refractivity contribution is -0.138. The second kappa shape index (κ2) is 10.8. The van der Waals surface area contributed by atoms with Gasteiger partial charge >= 0.3 is 0 Å². The van der Waals surface area contributed by atoms with Crippen molar-refractivity contribution in [2.45, 2.75) is 110 Å². The molecule has 0 spiro atoms. The average molecular weight is 553 g/mol. The first kappa shape index (κ1) is 28.7. The van der Waals surface area contributed by atoms with E-state index in [2.05, 4.69) is 32.4 Å². The Morgan fingerprint density at radius 2 is 1.74 bits per heavy atom. The van der Waals surface area contributed by atoms with Gasteiger partial charge in [0.2, 0.25) is 5.91 Å². The SMILES string of the molecule is CC[C@H]1CC2C3CC[C@H]([C@H](C)CCC(=O)NS(=O)(=O)c4ccc(C#N)cc4)[C@@]3(C)CCC2[C@@]2(C)CCCC[C@@H]12. The Hall–Kier alpha value is -1.87. The summed E-state index contributed by atoms with van der Waals surface area (Å²) in [5, 5.41) is 8.95. The van der Waals surface area contributed by atoms with Crippen molar-refractivity contribution in [2.75, 3.05) is 0 Å². The molecule has 0 saturated heterocycles. The van der Waals surface area contributed by atoms with Crippen LogP contribution >= 0.6 is 0 Å². The van der Waals surface area contributed by atoms with Crippen LogP contribution < -0.4 is 4.72 Å². The van der Waals surface area contributed by atoms with Gasteiger partial charge in [-0.3, -0.25) is 4.79 Å². The molecule has 0 aliphatic heterocycles. The van der Waals surface area contributed by atoms with Gasteiger partial charge in [0.05, 0.1) is 16.5 Å². The molecule has 0 bridgehead atoms. The topological polar surface area (TPSA) is 87.0 Å². The summed E-state index contributed by atoms with van der Waals surface area (Å²) >= 11 is 0.